The normalized spacial score (nSPS) is 18.3. The molecule has 0 aromatic heterocycles. The van der Waals surface area contributed by atoms with Gasteiger partial charge in [0.25, 0.3) is 5.91 Å². The number of halogens is 2. The average molecular weight is 379 g/mol. The lowest BCUT2D eigenvalue weighted by atomic mass is 10.2. The number of likely N-dealkylation sites (N-methyl/N-ethyl adjacent to an activating group) is 1. The molecular weight excluding hydrogens is 357 g/mol. The summed E-state index contributed by atoms with van der Waals surface area (Å²) in [4.78, 5) is 12.9. The van der Waals surface area contributed by atoms with Crippen LogP contribution in [0.1, 0.15) is 13.8 Å². The Morgan fingerprint density at radius 3 is 2.58 bits per heavy atom. The van der Waals surface area contributed by atoms with Gasteiger partial charge in [-0.25, -0.2) is 12.8 Å². The predicted octanol–water partition coefficient (Wildman–Crippen LogP) is -0.107. The lowest BCUT2D eigenvalue weighted by molar-refractivity contribution is -0.917. The van der Waals surface area contributed by atoms with Crippen LogP contribution in [0.4, 0.5) is 4.39 Å². The van der Waals surface area contributed by atoms with Gasteiger partial charge >= 0.3 is 0 Å². The van der Waals surface area contributed by atoms with Crippen LogP contribution in [-0.4, -0.2) is 57.4 Å². The lowest BCUT2D eigenvalue weighted by Gasteiger charge is -2.34. The fourth-order valence-corrected chi connectivity index (χ4v) is 4.46. The molecule has 9 heteroatoms. The molecule has 24 heavy (non-hydrogen) atoms. The number of rotatable bonds is 5. The molecular formula is C15H22ClFN3O3S+. The number of quaternary nitrogens is 1. The van der Waals surface area contributed by atoms with Gasteiger partial charge < -0.3 is 10.2 Å². The van der Waals surface area contributed by atoms with E-state index in [0.29, 0.717) is 32.7 Å². The highest BCUT2D eigenvalue weighted by Gasteiger charge is 2.34. The van der Waals surface area contributed by atoms with Crippen molar-refractivity contribution in [2.45, 2.75) is 24.8 Å². The summed E-state index contributed by atoms with van der Waals surface area (Å²) in [5.41, 5.74) is 0. The smallest absolute Gasteiger partial charge is 0.278 e. The first-order valence-corrected chi connectivity index (χ1v) is 9.66. The van der Waals surface area contributed by atoms with Crippen LogP contribution in [0.25, 0.3) is 0 Å². The SMILES string of the molecule is CCNC(=O)[C@H](C)[NH+]1CCN(S(=O)(=O)c2ccc(F)c(Cl)c2)CC1. The monoisotopic (exact) mass is 378 g/mol. The summed E-state index contributed by atoms with van der Waals surface area (Å²) >= 11 is 5.68. The first-order valence-electron chi connectivity index (χ1n) is 7.85. The van der Waals surface area contributed by atoms with Gasteiger partial charge in [-0.3, -0.25) is 4.79 Å². The lowest BCUT2D eigenvalue weighted by Crippen LogP contribution is -3.19. The molecule has 0 spiro atoms. The van der Waals surface area contributed by atoms with Crippen molar-refractivity contribution >= 4 is 27.5 Å². The van der Waals surface area contributed by atoms with Crippen LogP contribution in [0.15, 0.2) is 23.1 Å². The highest BCUT2D eigenvalue weighted by molar-refractivity contribution is 7.89. The highest BCUT2D eigenvalue weighted by Crippen LogP contribution is 2.22. The minimum Gasteiger partial charge on any atom is -0.351 e. The van der Waals surface area contributed by atoms with Crippen molar-refractivity contribution in [3.63, 3.8) is 0 Å². The summed E-state index contributed by atoms with van der Waals surface area (Å²) < 4.78 is 39.8. The number of carbonyl (C=O) groups excluding carboxylic acids is 1. The van der Waals surface area contributed by atoms with Crippen LogP contribution in [-0.2, 0) is 14.8 Å². The van der Waals surface area contributed by atoms with Crippen molar-refractivity contribution in [3.8, 4) is 0 Å². The Labute approximate surface area is 146 Å². The van der Waals surface area contributed by atoms with Gasteiger partial charge in [0, 0.05) is 6.54 Å². The van der Waals surface area contributed by atoms with E-state index in [0.717, 1.165) is 17.0 Å². The minimum atomic E-state index is -3.71. The second-order valence-corrected chi connectivity index (χ2v) is 8.10. The van der Waals surface area contributed by atoms with Crippen molar-refractivity contribution < 1.29 is 22.5 Å². The van der Waals surface area contributed by atoms with E-state index in [1.165, 1.54) is 10.4 Å². The zero-order chi connectivity index (χ0) is 17.9. The Morgan fingerprint density at radius 2 is 2.04 bits per heavy atom. The van der Waals surface area contributed by atoms with Crippen molar-refractivity contribution in [1.29, 1.82) is 0 Å². The van der Waals surface area contributed by atoms with Crippen LogP contribution >= 0.6 is 11.6 Å². The van der Waals surface area contributed by atoms with E-state index in [4.69, 9.17) is 11.6 Å². The van der Waals surface area contributed by atoms with Crippen LogP contribution in [0, 0.1) is 5.82 Å². The summed E-state index contributed by atoms with van der Waals surface area (Å²) in [5, 5.41) is 2.56. The van der Waals surface area contributed by atoms with Crippen molar-refractivity contribution in [3.05, 3.63) is 29.0 Å². The second kappa shape index (κ2) is 7.77. The van der Waals surface area contributed by atoms with E-state index in [9.17, 15) is 17.6 Å². The Morgan fingerprint density at radius 1 is 1.42 bits per heavy atom. The van der Waals surface area contributed by atoms with Gasteiger partial charge in [-0.05, 0) is 32.0 Å². The van der Waals surface area contributed by atoms with Crippen LogP contribution in [0.3, 0.4) is 0 Å². The largest absolute Gasteiger partial charge is 0.351 e. The molecule has 0 bridgehead atoms. The molecule has 1 aromatic carbocycles. The molecule has 0 saturated carbocycles. The number of amides is 1. The maximum absolute atomic E-state index is 13.2. The zero-order valence-corrected chi connectivity index (χ0v) is 15.3. The molecule has 0 aliphatic carbocycles. The van der Waals surface area contributed by atoms with E-state index < -0.39 is 15.8 Å². The molecule has 2 N–H and O–H groups in total. The van der Waals surface area contributed by atoms with Gasteiger partial charge in [-0.15, -0.1) is 0 Å². The number of sulfonamides is 1. The highest BCUT2D eigenvalue weighted by atomic mass is 35.5. The summed E-state index contributed by atoms with van der Waals surface area (Å²) in [5.74, 6) is -0.685. The molecule has 1 aromatic rings. The number of benzene rings is 1. The summed E-state index contributed by atoms with van der Waals surface area (Å²) in [6, 6.07) is 3.17. The van der Waals surface area contributed by atoms with Gasteiger partial charge in [0.05, 0.1) is 36.1 Å². The molecule has 0 unspecified atom stereocenters. The number of nitrogens with one attached hydrogen (secondary N) is 2. The quantitative estimate of drug-likeness (QED) is 0.751. The molecule has 1 saturated heterocycles. The first kappa shape index (κ1) is 19.1. The molecule has 0 radical (unpaired) electrons. The van der Waals surface area contributed by atoms with Gasteiger partial charge in [0.2, 0.25) is 10.0 Å². The Bertz CT molecular complexity index is 706. The summed E-state index contributed by atoms with van der Waals surface area (Å²) in [7, 11) is -3.71. The number of hydrogen-bond acceptors (Lipinski definition) is 3. The molecule has 6 nitrogen and oxygen atoms in total. The number of nitrogens with zero attached hydrogens (tertiary/aromatic N) is 1. The van der Waals surface area contributed by atoms with E-state index >= 15 is 0 Å². The number of carbonyl (C=O) groups is 1. The van der Waals surface area contributed by atoms with Gasteiger partial charge in [0.15, 0.2) is 6.04 Å². The minimum absolute atomic E-state index is 0.0193. The molecule has 2 rings (SSSR count). The standard InChI is InChI=1S/C15H21ClFN3O3S/c1-3-18-15(21)11(2)19-6-8-20(9-7-19)24(22,23)12-4-5-14(17)13(16)10-12/h4-5,10-11H,3,6-9H2,1-2H3,(H,18,21)/p+1/t11-/m0/s1. The molecule has 1 atom stereocenters. The average Bonchev–Trinajstić information content (AvgIpc) is 2.57. The Kier molecular flexibility index (Phi) is 6.19. The molecule has 134 valence electrons. The van der Waals surface area contributed by atoms with E-state index in [1.54, 1.807) is 0 Å². The van der Waals surface area contributed by atoms with Crippen molar-refractivity contribution in [2.75, 3.05) is 32.7 Å². The van der Waals surface area contributed by atoms with E-state index in [1.807, 2.05) is 13.8 Å². The Balaban J connectivity index is 2.05. The van der Waals surface area contributed by atoms with E-state index in [2.05, 4.69) is 5.32 Å². The van der Waals surface area contributed by atoms with Crippen molar-refractivity contribution in [1.82, 2.24) is 9.62 Å². The molecule has 1 aliphatic heterocycles. The van der Waals surface area contributed by atoms with E-state index in [-0.39, 0.29) is 21.9 Å². The molecule has 1 aliphatic rings. The Hall–Kier alpha value is -1.22. The molecule has 1 amide bonds. The predicted molar refractivity (Wildman–Crippen MR) is 89.0 cm³/mol. The maximum Gasteiger partial charge on any atom is 0.278 e. The van der Waals surface area contributed by atoms with Crippen molar-refractivity contribution in [2.24, 2.45) is 0 Å². The fraction of sp³-hybridized carbons (Fsp3) is 0.533. The van der Waals surface area contributed by atoms with Crippen LogP contribution < -0.4 is 10.2 Å². The van der Waals surface area contributed by atoms with Gasteiger partial charge in [-0.1, -0.05) is 11.6 Å². The van der Waals surface area contributed by atoms with Crippen LogP contribution in [0.2, 0.25) is 5.02 Å². The number of piperazine rings is 1. The van der Waals surface area contributed by atoms with Gasteiger partial charge in [-0.2, -0.15) is 4.31 Å². The molecule has 1 fully saturated rings. The topological polar surface area (TPSA) is 70.9 Å². The van der Waals surface area contributed by atoms with Crippen LogP contribution in [0.5, 0.6) is 0 Å². The zero-order valence-electron chi connectivity index (χ0n) is 13.7. The summed E-state index contributed by atoms with van der Waals surface area (Å²) in [6.45, 7) is 5.94. The fourth-order valence-electron chi connectivity index (χ4n) is 2.75. The second-order valence-electron chi connectivity index (χ2n) is 5.75. The maximum atomic E-state index is 13.2. The third-order valence-electron chi connectivity index (χ3n) is 4.25. The number of hydrogen-bond donors (Lipinski definition) is 2. The first-order chi connectivity index (χ1) is 11.3. The third-order valence-corrected chi connectivity index (χ3v) is 6.43. The molecule has 1 heterocycles. The third kappa shape index (κ3) is 4.05. The summed E-state index contributed by atoms with van der Waals surface area (Å²) in [6.07, 6.45) is 0. The van der Waals surface area contributed by atoms with Gasteiger partial charge in [0.1, 0.15) is 5.82 Å².